The molecule has 0 aromatic heterocycles. The van der Waals surface area contributed by atoms with Gasteiger partial charge in [-0.05, 0) is 83.6 Å². The molecule has 1 aromatic carbocycles. The number of carbonyl (C=O) groups excluding carboxylic acids is 2. The van der Waals surface area contributed by atoms with Crippen molar-refractivity contribution in [3.05, 3.63) is 35.9 Å². The van der Waals surface area contributed by atoms with Crippen LogP contribution in [0.15, 0.2) is 30.3 Å². The molecule has 2 amide bonds. The van der Waals surface area contributed by atoms with Crippen molar-refractivity contribution in [2.75, 3.05) is 19.6 Å². The lowest BCUT2D eigenvalue weighted by atomic mass is 9.93. The van der Waals surface area contributed by atoms with E-state index in [1.807, 2.05) is 26.8 Å². The number of hydrogen-bond acceptors (Lipinski definition) is 4. The van der Waals surface area contributed by atoms with Crippen LogP contribution >= 0.6 is 0 Å². The summed E-state index contributed by atoms with van der Waals surface area (Å²) in [6.45, 7) is 12.1. The van der Waals surface area contributed by atoms with Crippen LogP contribution in [0.3, 0.4) is 0 Å². The molecule has 33 heavy (non-hydrogen) atoms. The third-order valence-electron chi connectivity index (χ3n) is 6.07. The van der Waals surface area contributed by atoms with E-state index < -0.39 is 17.4 Å². The summed E-state index contributed by atoms with van der Waals surface area (Å²) in [7, 11) is 0. The summed E-state index contributed by atoms with van der Waals surface area (Å²) in [5.74, 6) is 0.499. The van der Waals surface area contributed by atoms with Gasteiger partial charge in [0.05, 0.1) is 0 Å². The van der Waals surface area contributed by atoms with Gasteiger partial charge in [0, 0.05) is 19.6 Å². The Balaban J connectivity index is 2.02. The first-order chi connectivity index (χ1) is 15.6. The number of nitrogens with zero attached hydrogens (tertiary/aromatic N) is 1. The molecule has 0 bridgehead atoms. The van der Waals surface area contributed by atoms with Gasteiger partial charge in [0.1, 0.15) is 5.60 Å². The highest BCUT2D eigenvalue weighted by Gasteiger charge is 2.47. The zero-order valence-electron chi connectivity index (χ0n) is 21.4. The fraction of sp³-hybridized carbons (Fsp3) is 0.704. The number of rotatable bonds is 11. The maximum Gasteiger partial charge on any atom is 0.409 e. The van der Waals surface area contributed by atoms with E-state index >= 15 is 0 Å². The van der Waals surface area contributed by atoms with Crippen LogP contribution in [0.25, 0.3) is 0 Å². The molecule has 1 atom stereocenters. The monoisotopic (exact) mass is 459 g/mol. The van der Waals surface area contributed by atoms with Gasteiger partial charge >= 0.3 is 6.09 Å². The summed E-state index contributed by atoms with van der Waals surface area (Å²) in [5, 5.41) is 6.12. The summed E-state index contributed by atoms with van der Waals surface area (Å²) in [6.07, 6.45) is 7.01. The zero-order chi connectivity index (χ0) is 24.3. The van der Waals surface area contributed by atoms with Crippen LogP contribution < -0.4 is 10.6 Å². The number of hydrogen-bond donors (Lipinski definition) is 2. The van der Waals surface area contributed by atoms with Crippen molar-refractivity contribution >= 4 is 12.0 Å². The Labute approximate surface area is 200 Å². The number of nitrogens with one attached hydrogen (secondary N) is 2. The van der Waals surface area contributed by atoms with Crippen LogP contribution in [-0.4, -0.2) is 47.8 Å². The van der Waals surface area contributed by atoms with Gasteiger partial charge in [-0.3, -0.25) is 15.0 Å². The van der Waals surface area contributed by atoms with Crippen LogP contribution in [0.1, 0.15) is 85.1 Å². The molecule has 0 aliphatic carbocycles. The van der Waals surface area contributed by atoms with Crippen molar-refractivity contribution < 1.29 is 14.3 Å². The van der Waals surface area contributed by atoms with Crippen LogP contribution in [-0.2, 0) is 16.0 Å². The van der Waals surface area contributed by atoms with Crippen molar-refractivity contribution in [2.45, 2.75) is 97.2 Å². The van der Waals surface area contributed by atoms with Crippen LogP contribution in [0.2, 0.25) is 0 Å². The molecule has 1 heterocycles. The lowest BCUT2D eigenvalue weighted by molar-refractivity contribution is -0.139. The normalized spacial score (nSPS) is 19.3. The van der Waals surface area contributed by atoms with E-state index in [4.69, 9.17) is 4.74 Å². The van der Waals surface area contributed by atoms with Crippen LogP contribution in [0, 0.1) is 5.92 Å². The highest BCUT2D eigenvalue weighted by molar-refractivity contribution is 5.89. The summed E-state index contributed by atoms with van der Waals surface area (Å²) in [6, 6.07) is 10.4. The minimum atomic E-state index is -1.04. The lowest BCUT2D eigenvalue weighted by Crippen LogP contribution is -2.70. The molecule has 6 heteroatoms. The van der Waals surface area contributed by atoms with E-state index in [1.54, 1.807) is 0 Å². The average Bonchev–Trinajstić information content (AvgIpc) is 2.73. The third-order valence-corrected chi connectivity index (χ3v) is 6.07. The molecule has 6 nitrogen and oxygen atoms in total. The molecule has 0 saturated carbocycles. The van der Waals surface area contributed by atoms with E-state index in [0.717, 1.165) is 58.0 Å². The first kappa shape index (κ1) is 27.2. The van der Waals surface area contributed by atoms with Gasteiger partial charge < -0.3 is 10.1 Å². The molecule has 0 unspecified atom stereocenters. The van der Waals surface area contributed by atoms with Crippen molar-refractivity contribution in [2.24, 2.45) is 5.92 Å². The molecule has 0 radical (unpaired) electrons. The number of benzene rings is 1. The molecule has 1 aliphatic heterocycles. The van der Waals surface area contributed by atoms with E-state index in [1.165, 1.54) is 5.56 Å². The number of aryl methyl sites for hydroxylation is 1. The second kappa shape index (κ2) is 13.0. The number of amides is 2. The number of ether oxygens (including phenoxy) is 1. The highest BCUT2D eigenvalue weighted by Crippen LogP contribution is 2.28. The largest absolute Gasteiger partial charge is 0.444 e. The van der Waals surface area contributed by atoms with E-state index in [0.29, 0.717) is 18.9 Å². The Morgan fingerprint density at radius 3 is 2.48 bits per heavy atom. The van der Waals surface area contributed by atoms with Crippen LogP contribution in [0.5, 0.6) is 0 Å². The quantitative estimate of drug-likeness (QED) is 0.442. The van der Waals surface area contributed by atoms with Gasteiger partial charge in [0.15, 0.2) is 5.66 Å². The Bertz CT molecular complexity index is 730. The van der Waals surface area contributed by atoms with E-state index in [9.17, 15) is 9.59 Å². The maximum atomic E-state index is 13.5. The summed E-state index contributed by atoms with van der Waals surface area (Å²) >= 11 is 0. The van der Waals surface area contributed by atoms with Gasteiger partial charge in [-0.1, -0.05) is 44.2 Å². The Kier molecular flexibility index (Phi) is 10.7. The van der Waals surface area contributed by atoms with Gasteiger partial charge in [0.2, 0.25) is 0 Å². The van der Waals surface area contributed by atoms with Crippen molar-refractivity contribution in [3.63, 3.8) is 0 Å². The minimum absolute atomic E-state index is 0.114. The van der Waals surface area contributed by atoms with Crippen LogP contribution in [0.4, 0.5) is 4.79 Å². The predicted octanol–water partition coefficient (Wildman–Crippen LogP) is 5.27. The maximum absolute atomic E-state index is 13.5. The number of alkyl carbamates (subject to hydrolysis) is 1. The summed E-state index contributed by atoms with van der Waals surface area (Å²) in [4.78, 5) is 28.5. The molecule has 186 valence electrons. The topological polar surface area (TPSA) is 70.7 Å². The predicted molar refractivity (Wildman–Crippen MR) is 134 cm³/mol. The fourth-order valence-electron chi connectivity index (χ4n) is 4.40. The first-order valence-corrected chi connectivity index (χ1v) is 12.7. The third kappa shape index (κ3) is 9.36. The summed E-state index contributed by atoms with van der Waals surface area (Å²) in [5.41, 5.74) is -0.344. The fourth-order valence-corrected chi connectivity index (χ4v) is 4.40. The molecule has 1 saturated heterocycles. The van der Waals surface area contributed by atoms with E-state index in [2.05, 4.69) is 53.6 Å². The molecule has 1 fully saturated rings. The van der Waals surface area contributed by atoms with E-state index in [-0.39, 0.29) is 5.91 Å². The Morgan fingerprint density at radius 2 is 1.82 bits per heavy atom. The molecule has 2 N–H and O–H groups in total. The van der Waals surface area contributed by atoms with Crippen molar-refractivity contribution in [1.82, 2.24) is 15.5 Å². The van der Waals surface area contributed by atoms with Gasteiger partial charge in [0.25, 0.3) is 5.91 Å². The SMILES string of the molecule is CC(C)CCCN1CCCC[C@@]1(NC(=O)OC(C)(C)C)C(=O)NCCCCc1ccccc1. The second-order valence-electron chi connectivity index (χ2n) is 10.7. The lowest BCUT2D eigenvalue weighted by Gasteiger charge is -2.46. The summed E-state index contributed by atoms with van der Waals surface area (Å²) < 4.78 is 5.54. The Morgan fingerprint density at radius 1 is 1.09 bits per heavy atom. The van der Waals surface area contributed by atoms with Gasteiger partial charge in [-0.2, -0.15) is 0 Å². The first-order valence-electron chi connectivity index (χ1n) is 12.7. The van der Waals surface area contributed by atoms with Gasteiger partial charge in [-0.15, -0.1) is 0 Å². The molecular weight excluding hydrogens is 414 g/mol. The number of unbranched alkanes of at least 4 members (excludes halogenated alkanes) is 1. The second-order valence-corrected chi connectivity index (χ2v) is 10.7. The average molecular weight is 460 g/mol. The molecular formula is C27H45N3O3. The zero-order valence-corrected chi connectivity index (χ0v) is 21.4. The molecule has 2 rings (SSSR count). The number of likely N-dealkylation sites (tertiary alicyclic amines) is 1. The number of piperidine rings is 1. The molecule has 1 aliphatic rings. The van der Waals surface area contributed by atoms with Crippen molar-refractivity contribution in [3.8, 4) is 0 Å². The molecule has 1 aromatic rings. The smallest absolute Gasteiger partial charge is 0.409 e. The number of carbonyl (C=O) groups is 2. The van der Waals surface area contributed by atoms with Gasteiger partial charge in [-0.25, -0.2) is 4.79 Å². The standard InChI is InChI=1S/C27H45N3O3/c1-22(2)14-13-21-30-20-12-10-18-27(30,29-25(32)33-26(3,4)5)24(31)28-19-11-9-17-23-15-7-6-8-16-23/h6-8,15-16,22H,9-14,17-21H2,1-5H3,(H,28,31)(H,29,32)/t27-/m0/s1. The molecule has 0 spiro atoms. The Hall–Kier alpha value is -2.08. The highest BCUT2D eigenvalue weighted by atomic mass is 16.6. The minimum Gasteiger partial charge on any atom is -0.444 e. The van der Waals surface area contributed by atoms with Crippen molar-refractivity contribution in [1.29, 1.82) is 0 Å².